The van der Waals surface area contributed by atoms with Gasteiger partial charge in [0.1, 0.15) is 13.2 Å². The summed E-state index contributed by atoms with van der Waals surface area (Å²) in [7, 11) is 0. The molecule has 0 bridgehead atoms. The molecule has 0 aromatic rings. The van der Waals surface area contributed by atoms with Crippen molar-refractivity contribution in [3.8, 4) is 0 Å². The topological polar surface area (TPSA) is 78.9 Å². The summed E-state index contributed by atoms with van der Waals surface area (Å²) in [6.07, 6.45) is 101. The predicted octanol–water partition coefficient (Wildman–Crippen LogP) is 23.7. The maximum absolute atomic E-state index is 12.9. The molecule has 0 rings (SSSR count). The molecule has 0 fully saturated rings. The highest BCUT2D eigenvalue weighted by Gasteiger charge is 2.19. The van der Waals surface area contributed by atoms with Crippen molar-refractivity contribution >= 4 is 17.9 Å². The second-order valence-corrected chi connectivity index (χ2v) is 22.0. The molecular formula is C77H124O6. The van der Waals surface area contributed by atoms with Crippen LogP contribution in [0, 0.1) is 0 Å². The molecule has 0 aliphatic carbocycles. The number of hydrogen-bond acceptors (Lipinski definition) is 6. The fourth-order valence-corrected chi connectivity index (χ4v) is 8.97. The monoisotopic (exact) mass is 1140 g/mol. The maximum atomic E-state index is 12.9. The van der Waals surface area contributed by atoms with Crippen molar-refractivity contribution in [2.45, 2.75) is 297 Å². The van der Waals surface area contributed by atoms with Crippen LogP contribution >= 0.6 is 0 Å². The van der Waals surface area contributed by atoms with Gasteiger partial charge in [0.15, 0.2) is 6.10 Å². The van der Waals surface area contributed by atoms with Gasteiger partial charge in [-0.25, -0.2) is 0 Å². The minimum Gasteiger partial charge on any atom is -0.462 e. The zero-order chi connectivity index (χ0) is 59.9. The Balaban J connectivity index is 4.33. The lowest BCUT2D eigenvalue weighted by molar-refractivity contribution is -0.167. The summed E-state index contributed by atoms with van der Waals surface area (Å²) < 4.78 is 16.9. The van der Waals surface area contributed by atoms with Crippen LogP contribution in [0.15, 0.2) is 158 Å². The summed E-state index contributed by atoms with van der Waals surface area (Å²) in [6, 6.07) is 0. The van der Waals surface area contributed by atoms with Crippen LogP contribution in [0.4, 0.5) is 0 Å². The lowest BCUT2D eigenvalue weighted by Crippen LogP contribution is -2.30. The number of hydrogen-bond donors (Lipinski definition) is 0. The van der Waals surface area contributed by atoms with Crippen molar-refractivity contribution < 1.29 is 28.6 Å². The van der Waals surface area contributed by atoms with Gasteiger partial charge in [-0.2, -0.15) is 0 Å². The molecule has 1 atom stereocenters. The van der Waals surface area contributed by atoms with E-state index in [4.69, 9.17) is 14.2 Å². The second kappa shape index (κ2) is 69.5. The highest BCUT2D eigenvalue weighted by Crippen LogP contribution is 2.15. The molecule has 0 aromatic carbocycles. The first-order chi connectivity index (χ1) is 41.0. The second-order valence-electron chi connectivity index (χ2n) is 22.0. The van der Waals surface area contributed by atoms with Gasteiger partial charge in [0.05, 0.1) is 0 Å². The van der Waals surface area contributed by atoms with Gasteiger partial charge >= 0.3 is 17.9 Å². The van der Waals surface area contributed by atoms with Crippen LogP contribution in [0.25, 0.3) is 0 Å². The number of carbonyl (C=O) groups is 3. The molecule has 0 saturated carbocycles. The minimum atomic E-state index is -0.801. The molecule has 0 amide bonds. The molecule has 0 radical (unpaired) electrons. The minimum absolute atomic E-state index is 0.0954. The zero-order valence-electron chi connectivity index (χ0n) is 53.7. The Bertz CT molecular complexity index is 1840. The number of unbranched alkanes of at least 4 members (excludes halogenated alkanes) is 23. The molecule has 0 aliphatic heterocycles. The highest BCUT2D eigenvalue weighted by atomic mass is 16.6. The average Bonchev–Trinajstić information content (AvgIpc) is 3.49. The van der Waals surface area contributed by atoms with Gasteiger partial charge in [0, 0.05) is 19.3 Å². The van der Waals surface area contributed by atoms with E-state index in [1.54, 1.807) is 0 Å². The van der Waals surface area contributed by atoms with Crippen LogP contribution in [0.2, 0.25) is 0 Å². The Hall–Kier alpha value is -4.97. The predicted molar refractivity (Wildman–Crippen MR) is 362 cm³/mol. The standard InChI is InChI=1S/C77H124O6/c1-4-7-10-13-16-19-22-25-27-29-31-32-33-34-35-36-37-38-39-40-41-42-43-44-46-47-49-52-55-58-61-64-67-70-76(79)82-73-74(72-81-75(78)69-66-63-60-57-54-51-24-21-18-15-12-9-6-3)83-77(80)71-68-65-62-59-56-53-50-48-45-30-28-26-23-20-17-14-11-8-5-2/h7-8,10-11,16-17,19-21,24-28,31-32,34-35,37-38,40-41,43-45,48,74H,4-6,9,12-15,18,22-23,29-30,33,36,39,42,46-47,49-73H2,1-3H3/b10-7-,11-8-,19-16-,20-17-,24-21-,27-25-,28-26-,32-31-,35-34-,38-37-,41-40-,44-43-,48-45-. The Morgan fingerprint density at radius 3 is 0.747 bits per heavy atom. The Morgan fingerprint density at radius 1 is 0.253 bits per heavy atom. The van der Waals surface area contributed by atoms with E-state index in [1.807, 2.05) is 0 Å². The fourth-order valence-electron chi connectivity index (χ4n) is 8.97. The normalized spacial score (nSPS) is 13.1. The third-order valence-corrected chi connectivity index (χ3v) is 14.0. The quantitative estimate of drug-likeness (QED) is 0.0261. The van der Waals surface area contributed by atoms with Crippen LogP contribution in [0.1, 0.15) is 290 Å². The molecule has 83 heavy (non-hydrogen) atoms. The molecule has 0 aromatic heterocycles. The number of allylic oxidation sites excluding steroid dienone is 26. The first-order valence-electron chi connectivity index (χ1n) is 34.0. The van der Waals surface area contributed by atoms with Gasteiger partial charge in [-0.3, -0.25) is 14.4 Å². The zero-order valence-corrected chi connectivity index (χ0v) is 53.7. The summed E-state index contributed by atoms with van der Waals surface area (Å²) in [5.41, 5.74) is 0. The van der Waals surface area contributed by atoms with Gasteiger partial charge in [-0.05, 0) is 148 Å². The van der Waals surface area contributed by atoms with Crippen molar-refractivity contribution in [3.05, 3.63) is 158 Å². The van der Waals surface area contributed by atoms with E-state index in [0.29, 0.717) is 19.3 Å². The number of esters is 3. The van der Waals surface area contributed by atoms with Crippen LogP contribution < -0.4 is 0 Å². The summed E-state index contributed by atoms with van der Waals surface area (Å²) in [6.45, 7) is 6.38. The molecule has 0 N–H and O–H groups in total. The van der Waals surface area contributed by atoms with Crippen molar-refractivity contribution in [2.24, 2.45) is 0 Å². The summed E-state index contributed by atoms with van der Waals surface area (Å²) in [4.78, 5) is 38.4. The van der Waals surface area contributed by atoms with Gasteiger partial charge in [0.25, 0.3) is 0 Å². The molecule has 468 valence electrons. The van der Waals surface area contributed by atoms with E-state index in [9.17, 15) is 14.4 Å². The fraction of sp³-hybridized carbons (Fsp3) is 0.623. The van der Waals surface area contributed by atoms with Crippen LogP contribution in [0.3, 0.4) is 0 Å². The van der Waals surface area contributed by atoms with Crippen molar-refractivity contribution in [1.82, 2.24) is 0 Å². The summed E-state index contributed by atoms with van der Waals surface area (Å²) >= 11 is 0. The Kier molecular flexibility index (Phi) is 65.4. The SMILES string of the molecule is CC/C=C\C/C=C\C/C=C\C/C=C\C/C=C\C/C=C\C/C=C\C/C=C\CCCCCCCCCCC(=O)OCC(COC(=O)CCCCCCC/C=C\CCCCCC)OC(=O)CCCCCCCC/C=C\C/C=C\C/C=C\C/C=C\CC. The molecule has 6 heteroatoms. The molecular weight excluding hydrogens is 1020 g/mol. The molecule has 0 aliphatic rings. The largest absolute Gasteiger partial charge is 0.462 e. The van der Waals surface area contributed by atoms with Gasteiger partial charge in [-0.15, -0.1) is 0 Å². The van der Waals surface area contributed by atoms with Gasteiger partial charge in [0.2, 0.25) is 0 Å². The smallest absolute Gasteiger partial charge is 0.306 e. The first-order valence-corrected chi connectivity index (χ1v) is 34.0. The Labute approximate surface area is 511 Å². The van der Waals surface area contributed by atoms with Crippen LogP contribution in [0.5, 0.6) is 0 Å². The van der Waals surface area contributed by atoms with Crippen molar-refractivity contribution in [1.29, 1.82) is 0 Å². The van der Waals surface area contributed by atoms with E-state index < -0.39 is 6.10 Å². The summed E-state index contributed by atoms with van der Waals surface area (Å²) in [5, 5.41) is 0. The van der Waals surface area contributed by atoms with Crippen molar-refractivity contribution in [2.75, 3.05) is 13.2 Å². The van der Waals surface area contributed by atoms with Crippen LogP contribution in [-0.4, -0.2) is 37.2 Å². The van der Waals surface area contributed by atoms with E-state index >= 15 is 0 Å². The molecule has 0 saturated heterocycles. The van der Waals surface area contributed by atoms with Crippen molar-refractivity contribution in [3.63, 3.8) is 0 Å². The maximum Gasteiger partial charge on any atom is 0.306 e. The number of ether oxygens (including phenoxy) is 3. The van der Waals surface area contributed by atoms with Gasteiger partial charge < -0.3 is 14.2 Å². The van der Waals surface area contributed by atoms with E-state index in [1.165, 1.54) is 83.5 Å². The third-order valence-electron chi connectivity index (χ3n) is 14.0. The van der Waals surface area contributed by atoms with Crippen LogP contribution in [-0.2, 0) is 28.6 Å². The average molecular weight is 1150 g/mol. The molecule has 6 nitrogen and oxygen atoms in total. The van der Waals surface area contributed by atoms with E-state index in [2.05, 4.69) is 179 Å². The molecule has 1 unspecified atom stereocenters. The summed E-state index contributed by atoms with van der Waals surface area (Å²) in [5.74, 6) is -0.925. The molecule has 0 spiro atoms. The van der Waals surface area contributed by atoms with Gasteiger partial charge in [-0.1, -0.05) is 281 Å². The lowest BCUT2D eigenvalue weighted by Gasteiger charge is -2.18. The first kappa shape index (κ1) is 78.0. The number of carbonyl (C=O) groups excluding carboxylic acids is 3. The lowest BCUT2D eigenvalue weighted by atomic mass is 10.1. The number of rotatable bonds is 60. The third kappa shape index (κ3) is 67.7. The molecule has 0 heterocycles. The Morgan fingerprint density at radius 2 is 0.470 bits per heavy atom. The van der Waals surface area contributed by atoms with E-state index in [-0.39, 0.29) is 31.1 Å². The highest BCUT2D eigenvalue weighted by molar-refractivity contribution is 5.71. The van der Waals surface area contributed by atoms with E-state index in [0.717, 1.165) is 167 Å².